The minimum Gasteiger partial charge on any atom is -0.454 e. The molecule has 0 aromatic carbocycles. The lowest BCUT2D eigenvalue weighted by Gasteiger charge is -2.03. The Morgan fingerprint density at radius 2 is 2.23 bits per heavy atom. The number of hydrogen-bond donors (Lipinski definition) is 2. The van der Waals surface area contributed by atoms with Gasteiger partial charge in [0.2, 0.25) is 0 Å². The van der Waals surface area contributed by atoms with Crippen molar-refractivity contribution in [1.29, 1.82) is 0 Å². The molecule has 0 fully saturated rings. The predicted octanol–water partition coefficient (Wildman–Crippen LogP) is 2.59. The number of carbonyl (C=O) groups excluding carboxylic acids is 1. The van der Waals surface area contributed by atoms with Crippen LogP contribution >= 0.6 is 11.3 Å². The monoisotopic (exact) mass is 367 g/mol. The lowest BCUT2D eigenvalue weighted by atomic mass is 10.3. The number of thiazole rings is 1. The van der Waals surface area contributed by atoms with Crippen LogP contribution in [0.3, 0.4) is 0 Å². The van der Waals surface area contributed by atoms with E-state index >= 15 is 0 Å². The smallest absolute Gasteiger partial charge is 0.291 e. The molecule has 9 heteroatoms. The van der Waals surface area contributed by atoms with Crippen molar-refractivity contribution in [3.05, 3.63) is 76.2 Å². The Kier molecular flexibility index (Phi) is 4.20. The van der Waals surface area contributed by atoms with Crippen LogP contribution in [-0.2, 0) is 6.54 Å². The van der Waals surface area contributed by atoms with Crippen LogP contribution in [0.1, 0.15) is 16.3 Å². The van der Waals surface area contributed by atoms with E-state index in [2.05, 4.69) is 20.5 Å². The molecule has 0 bridgehead atoms. The Morgan fingerprint density at radius 3 is 3.04 bits per heavy atom. The summed E-state index contributed by atoms with van der Waals surface area (Å²) >= 11 is 1.43. The quantitative estimate of drug-likeness (QED) is 0.564. The number of amides is 1. The van der Waals surface area contributed by atoms with E-state index in [1.54, 1.807) is 36.7 Å². The fraction of sp³-hybridized carbons (Fsp3) is 0.0588. The highest BCUT2D eigenvalue weighted by Gasteiger charge is 2.16. The highest BCUT2D eigenvalue weighted by molar-refractivity contribution is 7.13. The van der Waals surface area contributed by atoms with Gasteiger partial charge in [0.1, 0.15) is 16.5 Å². The van der Waals surface area contributed by atoms with Crippen molar-refractivity contribution in [2.75, 3.05) is 5.32 Å². The molecule has 4 aromatic heterocycles. The zero-order valence-electron chi connectivity index (χ0n) is 13.4. The first-order valence-corrected chi connectivity index (χ1v) is 8.57. The number of anilines is 1. The van der Waals surface area contributed by atoms with Crippen molar-refractivity contribution >= 4 is 22.9 Å². The van der Waals surface area contributed by atoms with Gasteiger partial charge < -0.3 is 14.3 Å². The number of nitrogens with one attached hydrogen (secondary N) is 2. The normalized spacial score (nSPS) is 10.8. The minimum absolute atomic E-state index is 0.138. The van der Waals surface area contributed by atoms with Gasteiger partial charge in [0.15, 0.2) is 5.76 Å². The van der Waals surface area contributed by atoms with Crippen LogP contribution in [0, 0.1) is 0 Å². The number of aromatic nitrogens is 4. The largest absolute Gasteiger partial charge is 0.454 e. The van der Waals surface area contributed by atoms with Crippen LogP contribution < -0.4 is 10.9 Å². The van der Waals surface area contributed by atoms with Gasteiger partial charge in [0, 0.05) is 23.8 Å². The molecule has 0 radical (unpaired) electrons. The fourth-order valence-corrected chi connectivity index (χ4v) is 3.06. The number of pyridine rings is 1. The molecule has 4 aromatic rings. The maximum absolute atomic E-state index is 12.4. The van der Waals surface area contributed by atoms with E-state index in [1.165, 1.54) is 28.2 Å². The van der Waals surface area contributed by atoms with E-state index in [4.69, 9.17) is 4.42 Å². The van der Waals surface area contributed by atoms with Crippen molar-refractivity contribution < 1.29 is 9.21 Å². The Bertz CT molecular complexity index is 1090. The van der Waals surface area contributed by atoms with Gasteiger partial charge in [-0.25, -0.2) is 4.98 Å². The number of H-pyrrole nitrogens is 1. The molecule has 0 unspecified atom stereocenters. The highest BCUT2D eigenvalue weighted by atomic mass is 32.1. The molecule has 0 atom stereocenters. The molecule has 26 heavy (non-hydrogen) atoms. The topological polar surface area (TPSA) is 106 Å². The molecule has 8 nitrogen and oxygen atoms in total. The summed E-state index contributed by atoms with van der Waals surface area (Å²) in [4.78, 5) is 28.4. The van der Waals surface area contributed by atoms with E-state index in [0.717, 1.165) is 5.01 Å². The van der Waals surface area contributed by atoms with Gasteiger partial charge in [-0.15, -0.1) is 11.3 Å². The minimum atomic E-state index is -0.407. The Labute approximate surface area is 151 Å². The number of carbonyl (C=O) groups is 1. The second-order valence-corrected chi connectivity index (χ2v) is 6.28. The first kappa shape index (κ1) is 16.0. The molecular formula is C17H13N5O3S. The van der Waals surface area contributed by atoms with Crippen molar-refractivity contribution in [2.24, 2.45) is 0 Å². The molecule has 0 aliphatic rings. The van der Waals surface area contributed by atoms with Gasteiger partial charge in [-0.2, -0.15) is 5.10 Å². The van der Waals surface area contributed by atoms with Gasteiger partial charge in [-0.1, -0.05) is 6.07 Å². The zero-order valence-corrected chi connectivity index (χ0v) is 14.2. The summed E-state index contributed by atoms with van der Waals surface area (Å²) in [6.45, 7) is 0.253. The van der Waals surface area contributed by atoms with Crippen molar-refractivity contribution in [3.8, 4) is 10.7 Å². The second-order valence-electron chi connectivity index (χ2n) is 5.38. The number of nitrogens with zero attached hydrogens (tertiary/aromatic N) is 3. The Hall–Kier alpha value is -3.46. The van der Waals surface area contributed by atoms with Crippen LogP contribution in [0.5, 0.6) is 0 Å². The van der Waals surface area contributed by atoms with E-state index in [9.17, 15) is 9.59 Å². The lowest BCUT2D eigenvalue weighted by Crippen LogP contribution is -2.18. The van der Waals surface area contributed by atoms with Crippen molar-refractivity contribution in [2.45, 2.75) is 6.54 Å². The molecular weight excluding hydrogens is 354 g/mol. The summed E-state index contributed by atoms with van der Waals surface area (Å²) < 4.78 is 7.07. The van der Waals surface area contributed by atoms with E-state index < -0.39 is 5.91 Å². The van der Waals surface area contributed by atoms with Crippen LogP contribution in [0.2, 0.25) is 0 Å². The first-order chi connectivity index (χ1) is 12.7. The van der Waals surface area contributed by atoms with Gasteiger partial charge in [0.25, 0.3) is 11.5 Å². The summed E-state index contributed by atoms with van der Waals surface area (Å²) in [5.74, 6) is 0.252. The number of furan rings is 1. The van der Waals surface area contributed by atoms with Crippen LogP contribution in [0.4, 0.5) is 5.69 Å². The number of aromatic amines is 1. The molecule has 4 heterocycles. The maximum Gasteiger partial charge on any atom is 0.291 e. The molecule has 0 aliphatic heterocycles. The fourth-order valence-electron chi connectivity index (χ4n) is 2.42. The molecule has 4 rings (SSSR count). The van der Waals surface area contributed by atoms with Crippen LogP contribution in [0.25, 0.3) is 10.7 Å². The number of hydrogen-bond acceptors (Lipinski definition) is 6. The third-order valence-electron chi connectivity index (χ3n) is 3.64. The molecule has 130 valence electrons. The van der Waals surface area contributed by atoms with Gasteiger partial charge in [0.05, 0.1) is 18.4 Å². The predicted molar refractivity (Wildman–Crippen MR) is 96.2 cm³/mol. The number of rotatable bonds is 5. The zero-order chi connectivity index (χ0) is 17.9. The summed E-state index contributed by atoms with van der Waals surface area (Å²) in [6.07, 6.45) is 4.86. The maximum atomic E-state index is 12.4. The molecule has 1 amide bonds. The summed E-state index contributed by atoms with van der Waals surface area (Å²) in [5, 5.41) is 12.1. The van der Waals surface area contributed by atoms with E-state index in [1.807, 2.05) is 5.38 Å². The average Bonchev–Trinajstić information content (AvgIpc) is 3.37. The van der Waals surface area contributed by atoms with Crippen molar-refractivity contribution in [1.82, 2.24) is 19.7 Å². The Balaban J connectivity index is 1.50. The third-order valence-corrected chi connectivity index (χ3v) is 4.43. The van der Waals surface area contributed by atoms with Crippen LogP contribution in [-0.4, -0.2) is 25.7 Å². The average molecular weight is 367 g/mol. The molecule has 0 saturated carbocycles. The first-order valence-electron chi connectivity index (χ1n) is 7.69. The standard InChI is InChI=1S/C17H13N5O3S/c23-14-3-1-2-7-22(14)10-11-4-5-13(25-11)16(24)20-12-9-19-21-15(12)17-18-6-8-26-17/h1-9H,10H2,(H,19,21)(H,20,24). The van der Waals surface area contributed by atoms with Gasteiger partial charge in [-0.05, 0) is 18.2 Å². The second kappa shape index (κ2) is 6.81. The lowest BCUT2D eigenvalue weighted by molar-refractivity contribution is 0.0995. The SMILES string of the molecule is O=C(Nc1cn[nH]c1-c1nccs1)c1ccc(Cn2ccccc2=O)o1. The molecule has 0 saturated heterocycles. The van der Waals surface area contributed by atoms with Crippen LogP contribution in [0.15, 0.2) is 63.5 Å². The summed E-state index contributed by atoms with van der Waals surface area (Å²) in [7, 11) is 0. The Morgan fingerprint density at radius 1 is 1.31 bits per heavy atom. The van der Waals surface area contributed by atoms with Gasteiger partial charge >= 0.3 is 0 Å². The summed E-state index contributed by atoms with van der Waals surface area (Å²) in [5.41, 5.74) is 1.01. The van der Waals surface area contributed by atoms with Crippen molar-refractivity contribution in [3.63, 3.8) is 0 Å². The van der Waals surface area contributed by atoms with E-state index in [0.29, 0.717) is 17.1 Å². The molecule has 0 spiro atoms. The van der Waals surface area contributed by atoms with Gasteiger partial charge in [-0.3, -0.25) is 14.7 Å². The summed E-state index contributed by atoms with van der Waals surface area (Å²) in [6, 6.07) is 8.14. The highest BCUT2D eigenvalue weighted by Crippen LogP contribution is 2.27. The molecule has 0 aliphatic carbocycles. The third kappa shape index (κ3) is 3.20. The van der Waals surface area contributed by atoms with E-state index in [-0.39, 0.29) is 17.9 Å². The molecule has 2 N–H and O–H groups in total.